The van der Waals surface area contributed by atoms with Gasteiger partial charge >= 0.3 is 46.6 Å². The summed E-state index contributed by atoms with van der Waals surface area (Å²) < 4.78 is 25.3. The van der Waals surface area contributed by atoms with Crippen LogP contribution in [0, 0.1) is 0 Å². The molecule has 0 aromatic rings. The second-order valence-corrected chi connectivity index (χ2v) is 0.612. The molecule has 0 aromatic carbocycles. The fourth-order valence-electron chi connectivity index (χ4n) is 0. The largest absolute Gasteiger partial charge is 2.00 e. The fourth-order valence-corrected chi connectivity index (χ4v) is 0. The van der Waals surface area contributed by atoms with E-state index in [1.807, 2.05) is 0 Å². The van der Waals surface area contributed by atoms with Crippen LogP contribution in [0.2, 0.25) is 0 Å². The summed E-state index contributed by atoms with van der Waals surface area (Å²) >= 11 is -3.11. The molecule has 0 bridgehead atoms. The van der Waals surface area contributed by atoms with E-state index in [9.17, 15) is 0 Å². The van der Waals surface area contributed by atoms with Crippen molar-refractivity contribution in [1.29, 1.82) is 0 Å². The molecule has 0 radical (unpaired) electrons. The zero-order valence-electron chi connectivity index (χ0n) is 2.99. The van der Waals surface area contributed by atoms with Crippen molar-refractivity contribution >= 4 is 11.4 Å². The standard InChI is InChI=1S/Fe.Na.H2O3S/c;;1-4(2)3/h;;(H2,1,2,3)/q+2;+1;/p-2. The second-order valence-electron chi connectivity index (χ2n) is 0.204. The van der Waals surface area contributed by atoms with Gasteiger partial charge in [0.25, 0.3) is 0 Å². The van der Waals surface area contributed by atoms with Gasteiger partial charge in [-0.05, 0) is 0 Å². The minimum atomic E-state index is -3.11. The Morgan fingerprint density at radius 1 is 1.33 bits per heavy atom. The molecule has 0 fully saturated rings. The molecule has 0 aliphatic heterocycles. The van der Waals surface area contributed by atoms with Gasteiger partial charge in [-0.15, -0.1) is 11.4 Å². The van der Waals surface area contributed by atoms with E-state index in [0.717, 1.165) is 0 Å². The van der Waals surface area contributed by atoms with E-state index in [0.29, 0.717) is 0 Å². The average molecular weight is 159 g/mol. The zero-order chi connectivity index (χ0) is 3.58. The SMILES string of the molecule is O=S([O-])[O-].[Fe+2].[Na+]. The quantitative estimate of drug-likeness (QED) is 0.267. The molecule has 6 heteroatoms. The average Bonchev–Trinajstić information content (AvgIpc) is 0.811. The molecule has 0 atom stereocenters. The molecule has 0 unspecified atom stereocenters. The van der Waals surface area contributed by atoms with Crippen LogP contribution in [0.25, 0.3) is 0 Å². The topological polar surface area (TPSA) is 63.2 Å². The monoisotopic (exact) mass is 159 g/mol. The van der Waals surface area contributed by atoms with E-state index >= 15 is 0 Å². The van der Waals surface area contributed by atoms with E-state index in [1.54, 1.807) is 0 Å². The van der Waals surface area contributed by atoms with Crippen molar-refractivity contribution in [3.63, 3.8) is 0 Å². The molecule has 0 aliphatic rings. The summed E-state index contributed by atoms with van der Waals surface area (Å²) in [5.41, 5.74) is 0. The van der Waals surface area contributed by atoms with E-state index in [1.165, 1.54) is 0 Å². The Hall–Kier alpha value is 1.59. The van der Waals surface area contributed by atoms with Crippen LogP contribution in [-0.4, -0.2) is 13.3 Å². The van der Waals surface area contributed by atoms with Crippen LogP contribution in [0.3, 0.4) is 0 Å². The second kappa shape index (κ2) is 9.77. The van der Waals surface area contributed by atoms with Crippen LogP contribution in [-0.2, 0) is 28.4 Å². The van der Waals surface area contributed by atoms with Crippen molar-refractivity contribution in [2.45, 2.75) is 0 Å². The maximum atomic E-state index is 8.44. The Bertz CT molecular complexity index is 33.8. The third kappa shape index (κ3) is 46.6. The number of rotatable bonds is 0. The van der Waals surface area contributed by atoms with Gasteiger partial charge in [-0.1, -0.05) is 0 Å². The van der Waals surface area contributed by atoms with Crippen LogP contribution in [0.1, 0.15) is 0 Å². The summed E-state index contributed by atoms with van der Waals surface area (Å²) in [6, 6.07) is 0. The van der Waals surface area contributed by atoms with Gasteiger partial charge in [-0.25, -0.2) is 0 Å². The van der Waals surface area contributed by atoms with Crippen molar-refractivity contribution in [2.24, 2.45) is 0 Å². The molecule has 0 N–H and O–H groups in total. The third-order valence-electron chi connectivity index (χ3n) is 0. The molecule has 0 amide bonds. The minimum Gasteiger partial charge on any atom is -0.784 e. The van der Waals surface area contributed by atoms with Crippen LogP contribution in [0.15, 0.2) is 0 Å². The molecule has 0 spiro atoms. The van der Waals surface area contributed by atoms with Gasteiger partial charge in [0.2, 0.25) is 0 Å². The Kier molecular flexibility index (Phi) is 25.5. The molecule has 6 heavy (non-hydrogen) atoms. The van der Waals surface area contributed by atoms with Crippen LogP contribution < -0.4 is 29.6 Å². The normalized spacial score (nSPS) is 5.83. The third-order valence-corrected chi connectivity index (χ3v) is 0. The predicted octanol–water partition coefficient (Wildman–Crippen LogP) is -4.00. The van der Waals surface area contributed by atoms with Crippen molar-refractivity contribution in [1.82, 2.24) is 0 Å². The molecule has 0 aromatic heterocycles. The first-order valence-corrected chi connectivity index (χ1v) is 1.50. The fraction of sp³-hybridized carbons (Fsp3) is 0. The van der Waals surface area contributed by atoms with Crippen LogP contribution in [0.5, 0.6) is 0 Å². The van der Waals surface area contributed by atoms with E-state index < -0.39 is 11.4 Å². The Morgan fingerprint density at radius 3 is 1.33 bits per heavy atom. The van der Waals surface area contributed by atoms with Crippen LogP contribution >= 0.6 is 0 Å². The van der Waals surface area contributed by atoms with Crippen LogP contribution in [0.4, 0.5) is 0 Å². The summed E-state index contributed by atoms with van der Waals surface area (Å²) in [4.78, 5) is 0. The summed E-state index contributed by atoms with van der Waals surface area (Å²) in [5, 5.41) is 0. The molecule has 0 heterocycles. The Balaban J connectivity index is -0.0000000450. The summed E-state index contributed by atoms with van der Waals surface area (Å²) in [7, 11) is 0. The van der Waals surface area contributed by atoms with Gasteiger partial charge in [0, 0.05) is 0 Å². The maximum absolute atomic E-state index is 8.44. The summed E-state index contributed by atoms with van der Waals surface area (Å²) in [5.74, 6) is 0. The summed E-state index contributed by atoms with van der Waals surface area (Å²) in [6.07, 6.45) is 0. The first-order chi connectivity index (χ1) is 1.73. The molecular weight excluding hydrogens is 159 g/mol. The Labute approximate surface area is 70.8 Å². The molecule has 0 saturated carbocycles. The smallest absolute Gasteiger partial charge is 0.784 e. The number of hydrogen-bond donors (Lipinski definition) is 0. The van der Waals surface area contributed by atoms with E-state index in [2.05, 4.69) is 0 Å². The van der Waals surface area contributed by atoms with Crippen molar-refractivity contribution in [3.05, 3.63) is 0 Å². The molecule has 0 aliphatic carbocycles. The van der Waals surface area contributed by atoms with E-state index in [-0.39, 0.29) is 46.6 Å². The van der Waals surface area contributed by atoms with Crippen molar-refractivity contribution in [3.8, 4) is 0 Å². The van der Waals surface area contributed by atoms with E-state index in [4.69, 9.17) is 13.3 Å². The van der Waals surface area contributed by atoms with Gasteiger partial charge in [0.05, 0.1) is 0 Å². The van der Waals surface area contributed by atoms with Gasteiger partial charge in [0.1, 0.15) is 0 Å². The van der Waals surface area contributed by atoms with Crippen molar-refractivity contribution < 1.29 is 59.9 Å². The van der Waals surface area contributed by atoms with Crippen molar-refractivity contribution in [2.75, 3.05) is 0 Å². The number of hydrogen-bond acceptors (Lipinski definition) is 3. The van der Waals surface area contributed by atoms with Gasteiger partial charge in [-0.2, -0.15) is 0 Å². The van der Waals surface area contributed by atoms with Gasteiger partial charge in [0.15, 0.2) is 0 Å². The summed E-state index contributed by atoms with van der Waals surface area (Å²) in [6.45, 7) is 0. The predicted molar refractivity (Wildman–Crippen MR) is 9.70 cm³/mol. The molecule has 32 valence electrons. The molecule has 0 saturated heterocycles. The Morgan fingerprint density at radius 2 is 1.33 bits per heavy atom. The first-order valence-electron chi connectivity index (χ1n) is 0.500. The van der Waals surface area contributed by atoms with Gasteiger partial charge in [-0.3, -0.25) is 4.21 Å². The molecular formula is FeNaO3S+. The first kappa shape index (κ1) is 15.6. The van der Waals surface area contributed by atoms with Gasteiger partial charge < -0.3 is 9.11 Å². The minimum absolute atomic E-state index is 0. The zero-order valence-corrected chi connectivity index (χ0v) is 6.91. The molecule has 0 rings (SSSR count). The maximum Gasteiger partial charge on any atom is 2.00 e. The molecule has 3 nitrogen and oxygen atoms in total.